The van der Waals surface area contributed by atoms with Crippen LogP contribution in [-0.4, -0.2) is 22.0 Å². The molecule has 0 atom stereocenters. The van der Waals surface area contributed by atoms with E-state index in [2.05, 4.69) is 39.5 Å². The largest absolute Gasteiger partial charge is 0.367 e. The highest BCUT2D eigenvalue weighted by Gasteiger charge is 2.17. The van der Waals surface area contributed by atoms with Gasteiger partial charge in [0.15, 0.2) is 5.16 Å². The van der Waals surface area contributed by atoms with Crippen LogP contribution in [-0.2, 0) is 20.0 Å². The number of hydrogen-bond donors (Lipinski definition) is 1. The van der Waals surface area contributed by atoms with Gasteiger partial charge in [-0.2, -0.15) is 0 Å². The normalized spacial score (nSPS) is 13.0. The minimum absolute atomic E-state index is 0.117. The highest BCUT2D eigenvalue weighted by molar-refractivity contribution is 7.99. The Balaban J connectivity index is 1.29. The molecule has 3 aromatic carbocycles. The molecule has 5 nitrogen and oxygen atoms in total. The predicted octanol–water partition coefficient (Wildman–Crippen LogP) is 5.39. The van der Waals surface area contributed by atoms with Gasteiger partial charge in [-0.1, -0.05) is 36.4 Å². The van der Waals surface area contributed by atoms with Crippen LogP contribution in [0.2, 0.25) is 0 Å². The molecule has 0 saturated carbocycles. The topological polar surface area (TPSA) is 50.2 Å². The average Bonchev–Trinajstić information content (AvgIpc) is 3.24. The first-order valence-electron chi connectivity index (χ1n) is 10.6. The maximum absolute atomic E-state index is 12.9. The summed E-state index contributed by atoms with van der Waals surface area (Å²) in [6, 6.07) is 24.3. The van der Waals surface area contributed by atoms with E-state index in [0.717, 1.165) is 40.9 Å². The Kier molecular flexibility index (Phi) is 5.69. The maximum Gasteiger partial charge on any atom is 0.255 e. The zero-order valence-corrected chi connectivity index (χ0v) is 18.7. The third-order valence-electron chi connectivity index (χ3n) is 5.74. The fraction of sp³-hybridized carbons (Fsp3) is 0.154. The van der Waals surface area contributed by atoms with Crippen LogP contribution < -0.4 is 10.2 Å². The van der Waals surface area contributed by atoms with E-state index >= 15 is 0 Å². The smallest absolute Gasteiger partial charge is 0.255 e. The Morgan fingerprint density at radius 1 is 0.969 bits per heavy atom. The number of anilines is 2. The summed E-state index contributed by atoms with van der Waals surface area (Å²) in [7, 11) is 1.96. The first kappa shape index (κ1) is 20.4. The lowest BCUT2D eigenvalue weighted by atomic mass is 9.99. The standard InChI is InChI=1S/C26H24N4OS/c1-29-17-15-27-26(29)32-24-9-5-4-8-23(24)28-25(31)20-10-12-22(13-11-20)30-16-14-19-6-2-3-7-21(19)18-30/h2-13,15,17H,14,16,18H2,1H3,(H,28,31). The molecule has 0 bridgehead atoms. The molecule has 1 aliphatic heterocycles. The van der Waals surface area contributed by atoms with Crippen molar-refractivity contribution in [3.05, 3.63) is 102 Å². The van der Waals surface area contributed by atoms with Gasteiger partial charge in [-0.25, -0.2) is 4.98 Å². The molecule has 0 aliphatic carbocycles. The van der Waals surface area contributed by atoms with Gasteiger partial charge in [0.1, 0.15) is 0 Å². The predicted molar refractivity (Wildman–Crippen MR) is 129 cm³/mol. The summed E-state index contributed by atoms with van der Waals surface area (Å²) in [5.41, 5.74) is 5.37. The average molecular weight is 441 g/mol. The minimum Gasteiger partial charge on any atom is -0.367 e. The van der Waals surface area contributed by atoms with E-state index in [9.17, 15) is 4.79 Å². The summed E-state index contributed by atoms with van der Waals surface area (Å²) in [5.74, 6) is -0.117. The summed E-state index contributed by atoms with van der Waals surface area (Å²) in [6.07, 6.45) is 4.72. The molecule has 4 aromatic rings. The summed E-state index contributed by atoms with van der Waals surface area (Å²) < 4.78 is 1.96. The lowest BCUT2D eigenvalue weighted by molar-refractivity contribution is 0.102. The SMILES string of the molecule is Cn1ccnc1Sc1ccccc1NC(=O)c1ccc(N2CCc3ccccc3C2)cc1. The number of fused-ring (bicyclic) bond motifs is 1. The van der Waals surface area contributed by atoms with Crippen molar-refractivity contribution in [3.63, 3.8) is 0 Å². The van der Waals surface area contributed by atoms with Gasteiger partial charge in [0.25, 0.3) is 5.91 Å². The number of carbonyl (C=O) groups is 1. The number of nitrogens with one attached hydrogen (secondary N) is 1. The van der Waals surface area contributed by atoms with Crippen molar-refractivity contribution >= 4 is 29.0 Å². The van der Waals surface area contributed by atoms with Crippen molar-refractivity contribution in [2.24, 2.45) is 7.05 Å². The van der Waals surface area contributed by atoms with E-state index in [1.165, 1.54) is 22.9 Å². The molecular weight excluding hydrogens is 416 g/mol. The zero-order chi connectivity index (χ0) is 21.9. The Hall–Kier alpha value is -3.51. The first-order valence-corrected chi connectivity index (χ1v) is 11.5. The monoisotopic (exact) mass is 440 g/mol. The van der Waals surface area contributed by atoms with Gasteiger partial charge in [-0.15, -0.1) is 0 Å². The van der Waals surface area contributed by atoms with Crippen LogP contribution in [0.25, 0.3) is 0 Å². The van der Waals surface area contributed by atoms with Gasteiger partial charge in [-0.3, -0.25) is 4.79 Å². The van der Waals surface area contributed by atoms with Gasteiger partial charge in [0, 0.05) is 48.7 Å². The first-order chi connectivity index (χ1) is 15.7. The Morgan fingerprint density at radius 2 is 1.72 bits per heavy atom. The second-order valence-corrected chi connectivity index (χ2v) is 8.87. The van der Waals surface area contributed by atoms with Crippen LogP contribution in [0.15, 0.2) is 95.2 Å². The number of hydrogen-bond acceptors (Lipinski definition) is 4. The van der Waals surface area contributed by atoms with Crippen LogP contribution in [0.5, 0.6) is 0 Å². The van der Waals surface area contributed by atoms with E-state index in [1.54, 1.807) is 6.20 Å². The van der Waals surface area contributed by atoms with Crippen LogP contribution >= 0.6 is 11.8 Å². The molecule has 1 aliphatic rings. The maximum atomic E-state index is 12.9. The molecule has 0 unspecified atom stereocenters. The number of aryl methyl sites for hydroxylation is 1. The summed E-state index contributed by atoms with van der Waals surface area (Å²) in [6.45, 7) is 1.89. The minimum atomic E-state index is -0.117. The number of imidazole rings is 1. The van der Waals surface area contributed by atoms with E-state index in [-0.39, 0.29) is 5.91 Å². The van der Waals surface area contributed by atoms with Crippen LogP contribution in [0.3, 0.4) is 0 Å². The van der Waals surface area contributed by atoms with Crippen molar-refractivity contribution in [1.29, 1.82) is 0 Å². The lowest BCUT2D eigenvalue weighted by Crippen LogP contribution is -2.30. The second kappa shape index (κ2) is 8.93. The third kappa shape index (κ3) is 4.27. The van der Waals surface area contributed by atoms with E-state index < -0.39 is 0 Å². The van der Waals surface area contributed by atoms with Crippen LogP contribution in [0, 0.1) is 0 Å². The van der Waals surface area contributed by atoms with Crippen molar-refractivity contribution in [1.82, 2.24) is 9.55 Å². The Labute approximate surface area is 192 Å². The molecule has 6 heteroatoms. The van der Waals surface area contributed by atoms with Crippen molar-refractivity contribution in [2.45, 2.75) is 23.0 Å². The van der Waals surface area contributed by atoms with Crippen molar-refractivity contribution < 1.29 is 4.79 Å². The number of para-hydroxylation sites is 1. The molecule has 5 rings (SSSR count). The molecule has 1 N–H and O–H groups in total. The zero-order valence-electron chi connectivity index (χ0n) is 17.9. The fourth-order valence-corrected chi connectivity index (χ4v) is 4.83. The number of carbonyl (C=O) groups excluding carboxylic acids is 1. The molecule has 0 saturated heterocycles. The molecule has 0 radical (unpaired) electrons. The van der Waals surface area contributed by atoms with Gasteiger partial charge < -0.3 is 14.8 Å². The Morgan fingerprint density at radius 3 is 2.50 bits per heavy atom. The fourth-order valence-electron chi connectivity index (χ4n) is 3.94. The van der Waals surface area contributed by atoms with Crippen LogP contribution in [0.4, 0.5) is 11.4 Å². The molecule has 0 fully saturated rings. The molecule has 2 heterocycles. The van der Waals surface area contributed by atoms with Gasteiger partial charge in [0.2, 0.25) is 0 Å². The number of aromatic nitrogens is 2. The van der Waals surface area contributed by atoms with Gasteiger partial charge in [-0.05, 0) is 65.7 Å². The molecule has 160 valence electrons. The van der Waals surface area contributed by atoms with E-state index in [1.807, 2.05) is 66.3 Å². The molecule has 1 aromatic heterocycles. The number of rotatable bonds is 5. The molecule has 1 amide bonds. The molecule has 32 heavy (non-hydrogen) atoms. The van der Waals surface area contributed by atoms with Gasteiger partial charge in [0.05, 0.1) is 5.69 Å². The summed E-state index contributed by atoms with van der Waals surface area (Å²) >= 11 is 1.53. The summed E-state index contributed by atoms with van der Waals surface area (Å²) in [4.78, 5) is 20.6. The van der Waals surface area contributed by atoms with Crippen LogP contribution in [0.1, 0.15) is 21.5 Å². The number of nitrogens with zero attached hydrogens (tertiary/aromatic N) is 3. The summed E-state index contributed by atoms with van der Waals surface area (Å²) in [5, 5.41) is 3.93. The number of benzene rings is 3. The molecule has 0 spiro atoms. The lowest BCUT2D eigenvalue weighted by Gasteiger charge is -2.30. The quantitative estimate of drug-likeness (QED) is 0.452. The Bertz CT molecular complexity index is 1250. The van der Waals surface area contributed by atoms with Crippen molar-refractivity contribution in [3.8, 4) is 0 Å². The second-order valence-electron chi connectivity index (χ2n) is 7.86. The molecular formula is C26H24N4OS. The van der Waals surface area contributed by atoms with Gasteiger partial charge >= 0.3 is 0 Å². The third-order valence-corrected chi connectivity index (χ3v) is 6.89. The highest BCUT2D eigenvalue weighted by Crippen LogP contribution is 2.32. The van der Waals surface area contributed by atoms with E-state index in [4.69, 9.17) is 0 Å². The highest BCUT2D eigenvalue weighted by atomic mass is 32.2. The number of amides is 1. The van der Waals surface area contributed by atoms with E-state index in [0.29, 0.717) is 5.56 Å². The van der Waals surface area contributed by atoms with Crippen molar-refractivity contribution in [2.75, 3.05) is 16.8 Å².